The third-order valence-corrected chi connectivity index (χ3v) is 5.61. The molecule has 9 heteroatoms. The molecule has 0 aliphatic carbocycles. The zero-order valence-electron chi connectivity index (χ0n) is 15.1. The van der Waals surface area contributed by atoms with Gasteiger partial charge in [0.05, 0.1) is 36.9 Å². The highest BCUT2D eigenvalue weighted by Gasteiger charge is 2.34. The Balaban J connectivity index is 1.91. The van der Waals surface area contributed by atoms with Gasteiger partial charge in [-0.05, 0) is 47.5 Å². The number of carbonyl (C=O) groups is 3. The molecule has 28 heavy (non-hydrogen) atoms. The van der Waals surface area contributed by atoms with E-state index in [1.165, 1.54) is 30.5 Å². The zero-order valence-corrected chi connectivity index (χ0v) is 16.7. The van der Waals surface area contributed by atoms with Crippen molar-refractivity contribution in [2.24, 2.45) is 4.99 Å². The SMILES string of the molecule is COC(=O)/C=C1\SC(=Nc2ccc(C(=O)OC)cc2)N(Cc2cccs2)C1=O. The van der Waals surface area contributed by atoms with Gasteiger partial charge in [0.25, 0.3) is 5.91 Å². The number of hydrogen-bond donors (Lipinski definition) is 0. The van der Waals surface area contributed by atoms with Crippen molar-refractivity contribution in [3.63, 3.8) is 0 Å². The number of thiophene rings is 1. The van der Waals surface area contributed by atoms with E-state index in [0.29, 0.717) is 23.0 Å². The van der Waals surface area contributed by atoms with Gasteiger partial charge in [0, 0.05) is 11.0 Å². The van der Waals surface area contributed by atoms with Crippen molar-refractivity contribution in [2.75, 3.05) is 14.2 Å². The number of amidine groups is 1. The molecule has 0 bridgehead atoms. The molecular weight excluding hydrogens is 400 g/mol. The first-order chi connectivity index (χ1) is 13.5. The summed E-state index contributed by atoms with van der Waals surface area (Å²) in [4.78, 5) is 43.1. The Morgan fingerprint density at radius 3 is 2.50 bits per heavy atom. The van der Waals surface area contributed by atoms with E-state index in [2.05, 4.69) is 14.5 Å². The number of esters is 2. The van der Waals surface area contributed by atoms with E-state index >= 15 is 0 Å². The first-order valence-electron chi connectivity index (χ1n) is 8.10. The molecule has 3 rings (SSSR count). The number of thioether (sulfide) groups is 1. The molecule has 1 aliphatic heterocycles. The van der Waals surface area contributed by atoms with E-state index in [1.807, 2.05) is 17.5 Å². The van der Waals surface area contributed by atoms with Crippen LogP contribution < -0.4 is 0 Å². The van der Waals surface area contributed by atoms with Gasteiger partial charge in [-0.15, -0.1) is 11.3 Å². The largest absolute Gasteiger partial charge is 0.466 e. The van der Waals surface area contributed by atoms with Crippen molar-refractivity contribution < 1.29 is 23.9 Å². The molecule has 0 unspecified atom stereocenters. The van der Waals surface area contributed by atoms with Crippen LogP contribution >= 0.6 is 23.1 Å². The smallest absolute Gasteiger partial charge is 0.337 e. The number of aliphatic imine (C=N–C) groups is 1. The lowest BCUT2D eigenvalue weighted by Gasteiger charge is -2.14. The maximum Gasteiger partial charge on any atom is 0.337 e. The van der Waals surface area contributed by atoms with Crippen molar-refractivity contribution >= 4 is 51.8 Å². The van der Waals surface area contributed by atoms with Crippen LogP contribution in [0.15, 0.2) is 57.8 Å². The quantitative estimate of drug-likeness (QED) is 0.549. The summed E-state index contributed by atoms with van der Waals surface area (Å²) in [5.74, 6) is -1.35. The third kappa shape index (κ3) is 4.49. The monoisotopic (exact) mass is 416 g/mol. The molecule has 1 aromatic carbocycles. The molecule has 1 fully saturated rings. The molecule has 144 valence electrons. The minimum Gasteiger partial charge on any atom is -0.466 e. The van der Waals surface area contributed by atoms with Crippen LogP contribution in [-0.2, 0) is 25.6 Å². The molecule has 7 nitrogen and oxygen atoms in total. The van der Waals surface area contributed by atoms with Gasteiger partial charge < -0.3 is 9.47 Å². The molecule has 1 saturated heterocycles. The predicted octanol–water partition coefficient (Wildman–Crippen LogP) is 3.35. The second-order valence-corrected chi connectivity index (χ2v) is 7.58. The van der Waals surface area contributed by atoms with Crippen LogP contribution in [0.5, 0.6) is 0 Å². The Bertz CT molecular complexity index is 949. The third-order valence-electron chi connectivity index (χ3n) is 3.75. The molecule has 1 amide bonds. The van der Waals surface area contributed by atoms with Crippen molar-refractivity contribution in [1.29, 1.82) is 0 Å². The zero-order chi connectivity index (χ0) is 20.1. The first-order valence-corrected chi connectivity index (χ1v) is 9.80. The minimum absolute atomic E-state index is 0.244. The van der Waals surface area contributed by atoms with Gasteiger partial charge in [-0.2, -0.15) is 0 Å². The first kappa shape index (κ1) is 19.8. The van der Waals surface area contributed by atoms with Gasteiger partial charge in [0.1, 0.15) is 0 Å². The summed E-state index contributed by atoms with van der Waals surface area (Å²) in [5.41, 5.74) is 0.974. The number of hydrogen-bond acceptors (Lipinski definition) is 8. The summed E-state index contributed by atoms with van der Waals surface area (Å²) in [5, 5.41) is 2.37. The van der Waals surface area contributed by atoms with Crippen LogP contribution in [0.25, 0.3) is 0 Å². The van der Waals surface area contributed by atoms with Gasteiger partial charge in [-0.25, -0.2) is 14.6 Å². The summed E-state index contributed by atoms with van der Waals surface area (Å²) < 4.78 is 9.30. The number of nitrogens with zero attached hydrogens (tertiary/aromatic N) is 2. The highest BCUT2D eigenvalue weighted by Crippen LogP contribution is 2.34. The van der Waals surface area contributed by atoms with E-state index in [-0.39, 0.29) is 10.8 Å². The summed E-state index contributed by atoms with van der Waals surface area (Å²) in [6, 6.07) is 10.4. The normalized spacial score (nSPS) is 16.6. The van der Waals surface area contributed by atoms with Crippen molar-refractivity contribution in [2.45, 2.75) is 6.54 Å². The average molecular weight is 416 g/mol. The molecule has 2 heterocycles. The number of amides is 1. The van der Waals surface area contributed by atoms with Crippen molar-refractivity contribution in [1.82, 2.24) is 4.90 Å². The van der Waals surface area contributed by atoms with Crippen molar-refractivity contribution in [3.8, 4) is 0 Å². The molecule has 1 aliphatic rings. The lowest BCUT2D eigenvalue weighted by molar-refractivity contribution is -0.135. The number of methoxy groups -OCH3 is 2. The number of rotatable bonds is 5. The van der Waals surface area contributed by atoms with Crippen LogP contribution in [0.4, 0.5) is 5.69 Å². The van der Waals surface area contributed by atoms with Gasteiger partial charge in [-0.1, -0.05) is 6.07 Å². The van der Waals surface area contributed by atoms with Crippen LogP contribution in [0.1, 0.15) is 15.2 Å². The standard InChI is InChI=1S/C19H16N2O5S2/c1-25-16(22)10-15-17(23)21(11-14-4-3-9-27-14)19(28-15)20-13-7-5-12(6-8-13)18(24)26-2/h3-10H,11H2,1-2H3/b15-10-,20-19?. The number of benzene rings is 1. The molecule has 1 aromatic heterocycles. The van der Waals surface area contributed by atoms with Gasteiger partial charge >= 0.3 is 11.9 Å². The van der Waals surface area contributed by atoms with Gasteiger partial charge in [0.2, 0.25) is 0 Å². The second kappa shape index (κ2) is 8.85. The van der Waals surface area contributed by atoms with Crippen LogP contribution in [0, 0.1) is 0 Å². The van der Waals surface area contributed by atoms with Crippen LogP contribution in [0.2, 0.25) is 0 Å². The van der Waals surface area contributed by atoms with Crippen LogP contribution in [0.3, 0.4) is 0 Å². The Morgan fingerprint density at radius 1 is 1.14 bits per heavy atom. The summed E-state index contributed by atoms with van der Waals surface area (Å²) in [6.45, 7) is 0.348. The average Bonchev–Trinajstić information content (AvgIpc) is 3.32. The van der Waals surface area contributed by atoms with E-state index in [4.69, 9.17) is 0 Å². The molecule has 2 aromatic rings. The Kier molecular flexibility index (Phi) is 6.27. The maximum absolute atomic E-state index is 12.8. The van der Waals surface area contributed by atoms with Crippen molar-refractivity contribution in [3.05, 3.63) is 63.2 Å². The van der Waals surface area contributed by atoms with Gasteiger partial charge in [0.15, 0.2) is 5.17 Å². The van der Waals surface area contributed by atoms with E-state index in [0.717, 1.165) is 22.7 Å². The fourth-order valence-electron chi connectivity index (χ4n) is 2.36. The molecular formula is C19H16N2O5S2. The molecule has 0 spiro atoms. The topological polar surface area (TPSA) is 85.3 Å². The Hall–Kier alpha value is -2.91. The summed E-state index contributed by atoms with van der Waals surface area (Å²) in [7, 11) is 2.57. The fraction of sp³-hybridized carbons (Fsp3) is 0.158. The predicted molar refractivity (Wildman–Crippen MR) is 107 cm³/mol. The molecule has 0 radical (unpaired) electrons. The molecule has 0 atom stereocenters. The van der Waals surface area contributed by atoms with Crippen LogP contribution in [-0.4, -0.2) is 42.1 Å². The summed E-state index contributed by atoms with van der Waals surface area (Å²) >= 11 is 2.63. The molecule has 0 N–H and O–H groups in total. The lowest BCUT2D eigenvalue weighted by atomic mass is 10.2. The van der Waals surface area contributed by atoms with E-state index < -0.39 is 11.9 Å². The highest BCUT2D eigenvalue weighted by molar-refractivity contribution is 8.18. The summed E-state index contributed by atoms with van der Waals surface area (Å²) in [6.07, 6.45) is 1.16. The maximum atomic E-state index is 12.8. The Labute approximate surface area is 169 Å². The molecule has 0 saturated carbocycles. The number of carbonyl (C=O) groups excluding carboxylic acids is 3. The van der Waals surface area contributed by atoms with Gasteiger partial charge in [-0.3, -0.25) is 9.69 Å². The minimum atomic E-state index is -0.601. The lowest BCUT2D eigenvalue weighted by Crippen LogP contribution is -2.28. The Morgan fingerprint density at radius 2 is 1.89 bits per heavy atom. The fourth-order valence-corrected chi connectivity index (χ4v) is 4.01. The van der Waals surface area contributed by atoms with E-state index in [1.54, 1.807) is 24.3 Å². The number of ether oxygens (including phenoxy) is 2. The highest BCUT2D eigenvalue weighted by atomic mass is 32.2. The van der Waals surface area contributed by atoms with E-state index in [9.17, 15) is 14.4 Å². The second-order valence-electron chi connectivity index (χ2n) is 5.54.